The van der Waals surface area contributed by atoms with Crippen molar-refractivity contribution in [2.45, 2.75) is 32.1 Å². The van der Waals surface area contributed by atoms with Crippen molar-refractivity contribution in [1.29, 1.82) is 0 Å². The topological polar surface area (TPSA) is 64.1 Å². The molecule has 0 saturated heterocycles. The van der Waals surface area contributed by atoms with Crippen LogP contribution in [0, 0.1) is 5.92 Å². The van der Waals surface area contributed by atoms with E-state index in [-0.39, 0.29) is 0 Å². The van der Waals surface area contributed by atoms with Gasteiger partial charge in [-0.05, 0) is 44.6 Å². The summed E-state index contributed by atoms with van der Waals surface area (Å²) < 4.78 is 0. The largest absolute Gasteiger partial charge is 0.401 e. The SMILES string of the molecule is NCCC1=CCCC(C/C(N)=C/NC=S)C1. The Bertz CT molecular complexity index is 284. The highest BCUT2D eigenvalue weighted by Crippen LogP contribution is 2.29. The Kier molecular flexibility index (Phi) is 6.11. The molecule has 0 saturated carbocycles. The van der Waals surface area contributed by atoms with Crippen LogP contribution in [0.2, 0.25) is 0 Å². The molecule has 0 heterocycles. The minimum Gasteiger partial charge on any atom is -0.401 e. The predicted molar refractivity (Wildman–Crippen MR) is 72.8 cm³/mol. The Morgan fingerprint density at radius 2 is 2.44 bits per heavy atom. The van der Waals surface area contributed by atoms with Crippen molar-refractivity contribution in [3.8, 4) is 0 Å². The van der Waals surface area contributed by atoms with E-state index >= 15 is 0 Å². The summed E-state index contributed by atoms with van der Waals surface area (Å²) in [6.07, 6.45) is 9.61. The fourth-order valence-corrected chi connectivity index (χ4v) is 2.24. The van der Waals surface area contributed by atoms with E-state index in [1.807, 2.05) is 0 Å². The molecular weight excluding hydrogens is 218 g/mol. The Labute approximate surface area is 103 Å². The molecule has 4 heteroatoms. The molecule has 0 amide bonds. The highest BCUT2D eigenvalue weighted by Gasteiger charge is 2.15. The van der Waals surface area contributed by atoms with Crippen molar-refractivity contribution >= 4 is 17.7 Å². The van der Waals surface area contributed by atoms with Crippen molar-refractivity contribution in [3.05, 3.63) is 23.5 Å². The maximum Gasteiger partial charge on any atom is 0.0654 e. The van der Waals surface area contributed by atoms with E-state index in [0.717, 1.165) is 37.9 Å². The molecule has 1 rings (SSSR count). The molecule has 5 N–H and O–H groups in total. The van der Waals surface area contributed by atoms with E-state index in [9.17, 15) is 0 Å². The van der Waals surface area contributed by atoms with Gasteiger partial charge in [0.1, 0.15) is 0 Å². The fraction of sp³-hybridized carbons (Fsp3) is 0.583. The van der Waals surface area contributed by atoms with Gasteiger partial charge in [-0.2, -0.15) is 0 Å². The second-order valence-corrected chi connectivity index (χ2v) is 4.49. The van der Waals surface area contributed by atoms with Gasteiger partial charge in [0, 0.05) is 11.9 Å². The first kappa shape index (κ1) is 13.2. The van der Waals surface area contributed by atoms with E-state index in [4.69, 9.17) is 11.5 Å². The number of rotatable bonds is 6. The van der Waals surface area contributed by atoms with Crippen LogP contribution in [0.25, 0.3) is 0 Å². The summed E-state index contributed by atoms with van der Waals surface area (Å²) in [5, 5.41) is 2.84. The van der Waals surface area contributed by atoms with Gasteiger partial charge in [0.2, 0.25) is 0 Å². The summed E-state index contributed by atoms with van der Waals surface area (Å²) in [5.74, 6) is 0.662. The number of allylic oxidation sites excluding steroid dienone is 2. The molecule has 1 aliphatic rings. The van der Waals surface area contributed by atoms with E-state index in [0.29, 0.717) is 5.92 Å². The smallest absolute Gasteiger partial charge is 0.0654 e. The monoisotopic (exact) mass is 239 g/mol. The maximum atomic E-state index is 5.90. The first-order valence-corrected chi connectivity index (χ1v) is 6.25. The molecule has 3 nitrogen and oxygen atoms in total. The highest BCUT2D eigenvalue weighted by molar-refractivity contribution is 7.78. The second-order valence-electron chi connectivity index (χ2n) is 4.26. The van der Waals surface area contributed by atoms with Crippen LogP contribution in [0.3, 0.4) is 0 Å². The maximum absolute atomic E-state index is 5.90. The zero-order valence-corrected chi connectivity index (χ0v) is 10.4. The van der Waals surface area contributed by atoms with Crippen molar-refractivity contribution in [2.24, 2.45) is 17.4 Å². The average molecular weight is 239 g/mol. The van der Waals surface area contributed by atoms with Gasteiger partial charge in [-0.25, -0.2) is 0 Å². The molecule has 1 unspecified atom stereocenters. The van der Waals surface area contributed by atoms with Crippen LogP contribution >= 0.6 is 12.2 Å². The standard InChI is InChI=1S/C12H21N3S/c13-5-4-10-2-1-3-11(6-10)7-12(14)8-15-9-16/h2,8-9,11H,1,3-7,13-14H2,(H,15,16)/b12-8-. The molecule has 1 aliphatic carbocycles. The molecule has 0 bridgehead atoms. The lowest BCUT2D eigenvalue weighted by molar-refractivity contribution is 0.452. The van der Waals surface area contributed by atoms with Crippen LogP contribution in [-0.4, -0.2) is 12.0 Å². The molecule has 0 radical (unpaired) electrons. The van der Waals surface area contributed by atoms with E-state index in [2.05, 4.69) is 23.6 Å². The Morgan fingerprint density at radius 1 is 1.62 bits per heavy atom. The van der Waals surface area contributed by atoms with Crippen LogP contribution in [0.1, 0.15) is 32.1 Å². The lowest BCUT2D eigenvalue weighted by atomic mass is 9.85. The molecular formula is C12H21N3S. The summed E-state index contributed by atoms with van der Waals surface area (Å²) in [7, 11) is 0. The van der Waals surface area contributed by atoms with Gasteiger partial charge in [0.05, 0.1) is 5.49 Å². The van der Waals surface area contributed by atoms with Crippen LogP contribution in [0.5, 0.6) is 0 Å². The van der Waals surface area contributed by atoms with Crippen LogP contribution in [0.4, 0.5) is 0 Å². The van der Waals surface area contributed by atoms with Gasteiger partial charge in [-0.15, -0.1) is 0 Å². The third-order valence-electron chi connectivity index (χ3n) is 2.89. The number of nitrogens with one attached hydrogen (secondary N) is 1. The van der Waals surface area contributed by atoms with Crippen LogP contribution < -0.4 is 16.8 Å². The zero-order chi connectivity index (χ0) is 11.8. The third kappa shape index (κ3) is 4.77. The first-order valence-electron chi connectivity index (χ1n) is 5.78. The minimum absolute atomic E-state index is 0.662. The minimum atomic E-state index is 0.662. The van der Waals surface area contributed by atoms with E-state index in [1.165, 1.54) is 17.5 Å². The van der Waals surface area contributed by atoms with Gasteiger partial charge >= 0.3 is 0 Å². The summed E-state index contributed by atoms with van der Waals surface area (Å²) in [4.78, 5) is 0. The lowest BCUT2D eigenvalue weighted by Gasteiger charge is -2.22. The quantitative estimate of drug-likeness (QED) is 0.488. The molecule has 90 valence electrons. The molecule has 0 aromatic carbocycles. The third-order valence-corrected chi connectivity index (χ3v) is 3.02. The predicted octanol–water partition coefficient (Wildman–Crippen LogP) is 1.80. The molecule has 0 aromatic rings. The average Bonchev–Trinajstić information content (AvgIpc) is 2.27. The molecule has 0 aromatic heterocycles. The summed E-state index contributed by atoms with van der Waals surface area (Å²) in [6, 6.07) is 0. The van der Waals surface area contributed by atoms with Gasteiger partial charge in [-0.3, -0.25) is 0 Å². The molecule has 0 aliphatic heterocycles. The van der Waals surface area contributed by atoms with Crippen molar-refractivity contribution in [2.75, 3.05) is 6.54 Å². The zero-order valence-electron chi connectivity index (χ0n) is 9.61. The number of nitrogens with two attached hydrogens (primary N) is 2. The summed E-state index contributed by atoms with van der Waals surface area (Å²) >= 11 is 4.67. The Balaban J connectivity index is 2.39. The van der Waals surface area contributed by atoms with E-state index in [1.54, 1.807) is 6.20 Å². The van der Waals surface area contributed by atoms with Crippen LogP contribution in [-0.2, 0) is 0 Å². The van der Waals surface area contributed by atoms with Gasteiger partial charge in [-0.1, -0.05) is 23.9 Å². The van der Waals surface area contributed by atoms with Gasteiger partial charge in [0.25, 0.3) is 0 Å². The number of hydrogen-bond donors (Lipinski definition) is 3. The number of hydrogen-bond acceptors (Lipinski definition) is 3. The lowest BCUT2D eigenvalue weighted by Crippen LogP contribution is -2.14. The first-order chi connectivity index (χ1) is 7.76. The van der Waals surface area contributed by atoms with Crippen molar-refractivity contribution in [1.82, 2.24) is 5.32 Å². The number of thiocarbonyl (C=S) groups is 1. The van der Waals surface area contributed by atoms with Gasteiger partial charge < -0.3 is 16.8 Å². The van der Waals surface area contributed by atoms with Crippen molar-refractivity contribution in [3.63, 3.8) is 0 Å². The van der Waals surface area contributed by atoms with Gasteiger partial charge in [0.15, 0.2) is 0 Å². The summed E-state index contributed by atoms with van der Waals surface area (Å²) in [6.45, 7) is 0.746. The van der Waals surface area contributed by atoms with Crippen molar-refractivity contribution < 1.29 is 0 Å². The normalized spacial score (nSPS) is 21.4. The van der Waals surface area contributed by atoms with Crippen LogP contribution in [0.15, 0.2) is 23.5 Å². The Morgan fingerprint density at radius 3 is 3.12 bits per heavy atom. The molecule has 16 heavy (non-hydrogen) atoms. The fourth-order valence-electron chi connectivity index (χ4n) is 2.18. The molecule has 1 atom stereocenters. The molecule has 0 spiro atoms. The molecule has 0 fully saturated rings. The van der Waals surface area contributed by atoms with E-state index < -0.39 is 0 Å². The Hall–Kier alpha value is -0.870. The summed E-state index contributed by atoms with van der Waals surface area (Å²) in [5.41, 5.74) is 15.3. The highest BCUT2D eigenvalue weighted by atomic mass is 32.1. The second kappa shape index (κ2) is 7.41.